The highest BCUT2D eigenvalue weighted by Gasteiger charge is 2.22. The zero-order chi connectivity index (χ0) is 18.9. The van der Waals surface area contributed by atoms with Gasteiger partial charge in [0.1, 0.15) is 5.52 Å². The third-order valence-corrected chi connectivity index (χ3v) is 5.26. The van der Waals surface area contributed by atoms with Crippen molar-refractivity contribution in [3.05, 3.63) is 83.6 Å². The van der Waals surface area contributed by atoms with Gasteiger partial charge in [0, 0.05) is 11.8 Å². The molecule has 0 bridgehead atoms. The van der Waals surface area contributed by atoms with Gasteiger partial charge >= 0.3 is 0 Å². The Kier molecular flexibility index (Phi) is 4.09. The summed E-state index contributed by atoms with van der Waals surface area (Å²) in [4.78, 5) is 17.1. The molecule has 0 saturated heterocycles. The molecule has 138 valence electrons. The number of pyridine rings is 1. The van der Waals surface area contributed by atoms with Crippen molar-refractivity contribution in [2.75, 3.05) is 0 Å². The number of fused-ring (bicyclic) bond motifs is 2. The van der Waals surface area contributed by atoms with Gasteiger partial charge in [-0.1, -0.05) is 29.5 Å². The molecule has 6 heteroatoms. The van der Waals surface area contributed by atoms with Crippen LogP contribution in [0.4, 0.5) is 0 Å². The molecule has 1 amide bonds. The zero-order valence-electron chi connectivity index (χ0n) is 15.2. The number of amides is 1. The summed E-state index contributed by atoms with van der Waals surface area (Å²) in [6.45, 7) is 0. The standard InChI is InChI=1S/C22H19N5O/c28-22(24-19-8-3-6-15-5-1-2-7-18(15)19)16-10-12-17(13-11-16)27-21-20(25-26-27)9-4-14-23-21/h1-2,4-5,7,9-14,19H,3,6,8H2,(H,24,28)/t19-/m0/s1. The van der Waals surface area contributed by atoms with Crippen molar-refractivity contribution in [1.29, 1.82) is 0 Å². The minimum absolute atomic E-state index is 0.0603. The number of nitrogens with one attached hydrogen (secondary N) is 1. The fraction of sp³-hybridized carbons (Fsp3) is 0.182. The molecule has 4 aromatic rings. The second-order valence-corrected chi connectivity index (χ2v) is 7.01. The molecule has 0 spiro atoms. The van der Waals surface area contributed by atoms with Crippen LogP contribution in [0.5, 0.6) is 0 Å². The normalized spacial score (nSPS) is 15.9. The lowest BCUT2D eigenvalue weighted by atomic mass is 9.87. The smallest absolute Gasteiger partial charge is 0.251 e. The summed E-state index contributed by atoms with van der Waals surface area (Å²) >= 11 is 0. The second kappa shape index (κ2) is 6.88. The van der Waals surface area contributed by atoms with E-state index in [1.807, 2.05) is 42.5 Å². The molecule has 0 radical (unpaired) electrons. The molecule has 1 aliphatic carbocycles. The highest BCUT2D eigenvalue weighted by atomic mass is 16.1. The van der Waals surface area contributed by atoms with E-state index in [4.69, 9.17) is 0 Å². The fourth-order valence-corrected chi connectivity index (χ4v) is 3.84. The molecule has 6 nitrogen and oxygen atoms in total. The average molecular weight is 369 g/mol. The highest BCUT2D eigenvalue weighted by Crippen LogP contribution is 2.29. The molecular formula is C22H19N5O. The Hall–Kier alpha value is -3.54. The molecule has 5 rings (SSSR count). The summed E-state index contributed by atoms with van der Waals surface area (Å²) in [6, 6.07) is 19.5. The number of carbonyl (C=O) groups excluding carboxylic acids is 1. The average Bonchev–Trinajstić information content (AvgIpc) is 3.18. The van der Waals surface area contributed by atoms with Crippen molar-refractivity contribution >= 4 is 17.1 Å². The van der Waals surface area contributed by atoms with Gasteiger partial charge < -0.3 is 5.32 Å². The second-order valence-electron chi connectivity index (χ2n) is 7.01. The molecule has 28 heavy (non-hydrogen) atoms. The van der Waals surface area contributed by atoms with Crippen LogP contribution in [0.1, 0.15) is 40.4 Å². The van der Waals surface area contributed by atoms with Gasteiger partial charge in [0.05, 0.1) is 11.7 Å². The van der Waals surface area contributed by atoms with Crippen LogP contribution in [0, 0.1) is 0 Å². The Bertz CT molecular complexity index is 1150. The number of aryl methyl sites for hydroxylation is 1. The molecule has 2 aromatic carbocycles. The van der Waals surface area contributed by atoms with Crippen LogP contribution in [-0.4, -0.2) is 25.9 Å². The molecule has 1 N–H and O–H groups in total. The summed E-state index contributed by atoms with van der Waals surface area (Å²) in [5.41, 5.74) is 5.45. The first kappa shape index (κ1) is 16.6. The number of hydrogen-bond donors (Lipinski definition) is 1. The molecule has 0 saturated carbocycles. The lowest BCUT2D eigenvalue weighted by Crippen LogP contribution is -2.30. The van der Waals surface area contributed by atoms with E-state index in [9.17, 15) is 4.79 Å². The van der Waals surface area contributed by atoms with E-state index >= 15 is 0 Å². The predicted molar refractivity (Wildman–Crippen MR) is 106 cm³/mol. The number of benzene rings is 2. The molecule has 0 unspecified atom stereocenters. The lowest BCUT2D eigenvalue weighted by molar-refractivity contribution is 0.0933. The maximum Gasteiger partial charge on any atom is 0.251 e. The number of nitrogens with zero attached hydrogens (tertiary/aromatic N) is 4. The van der Waals surface area contributed by atoms with E-state index in [1.165, 1.54) is 11.1 Å². The van der Waals surface area contributed by atoms with Crippen LogP contribution in [0.15, 0.2) is 66.9 Å². The minimum Gasteiger partial charge on any atom is -0.345 e. The lowest BCUT2D eigenvalue weighted by Gasteiger charge is -2.26. The van der Waals surface area contributed by atoms with Gasteiger partial charge in [0.15, 0.2) is 5.65 Å². The third-order valence-electron chi connectivity index (χ3n) is 5.26. The van der Waals surface area contributed by atoms with Crippen LogP contribution in [0.25, 0.3) is 16.9 Å². The van der Waals surface area contributed by atoms with E-state index < -0.39 is 0 Å². The molecule has 1 atom stereocenters. The van der Waals surface area contributed by atoms with Gasteiger partial charge in [-0.25, -0.2) is 4.98 Å². The third kappa shape index (κ3) is 2.93. The Morgan fingerprint density at radius 3 is 2.79 bits per heavy atom. The quantitative estimate of drug-likeness (QED) is 0.599. The van der Waals surface area contributed by atoms with Gasteiger partial charge in [0.25, 0.3) is 5.91 Å². The number of aromatic nitrogens is 4. The van der Waals surface area contributed by atoms with Crippen molar-refractivity contribution < 1.29 is 4.79 Å². The van der Waals surface area contributed by atoms with Gasteiger partial charge in [-0.3, -0.25) is 4.79 Å². The van der Waals surface area contributed by atoms with Gasteiger partial charge in [0.2, 0.25) is 0 Å². The van der Waals surface area contributed by atoms with Crippen molar-refractivity contribution in [1.82, 2.24) is 25.3 Å². The zero-order valence-corrected chi connectivity index (χ0v) is 15.2. The summed E-state index contributed by atoms with van der Waals surface area (Å²) in [7, 11) is 0. The molecule has 1 aliphatic rings. The van der Waals surface area contributed by atoms with Crippen LogP contribution < -0.4 is 5.32 Å². The maximum atomic E-state index is 12.8. The number of rotatable bonds is 3. The Morgan fingerprint density at radius 2 is 1.89 bits per heavy atom. The van der Waals surface area contributed by atoms with Crippen LogP contribution in [0.2, 0.25) is 0 Å². The molecule has 0 fully saturated rings. The van der Waals surface area contributed by atoms with E-state index in [0.29, 0.717) is 11.2 Å². The van der Waals surface area contributed by atoms with Crippen molar-refractivity contribution in [2.24, 2.45) is 0 Å². The molecular weight excluding hydrogens is 350 g/mol. The summed E-state index contributed by atoms with van der Waals surface area (Å²) < 4.78 is 1.67. The number of carbonyl (C=O) groups is 1. The van der Waals surface area contributed by atoms with E-state index in [0.717, 1.165) is 30.5 Å². The predicted octanol–water partition coefficient (Wildman–Crippen LogP) is 3.62. The summed E-state index contributed by atoms with van der Waals surface area (Å²) in [5.74, 6) is -0.0603. The molecule has 2 aromatic heterocycles. The number of hydrogen-bond acceptors (Lipinski definition) is 4. The Labute approximate surface area is 162 Å². The Balaban J connectivity index is 1.37. The topological polar surface area (TPSA) is 72.7 Å². The van der Waals surface area contributed by atoms with E-state index in [1.54, 1.807) is 10.9 Å². The van der Waals surface area contributed by atoms with Gasteiger partial charge in [-0.05, 0) is 66.8 Å². The van der Waals surface area contributed by atoms with Crippen LogP contribution in [-0.2, 0) is 6.42 Å². The largest absolute Gasteiger partial charge is 0.345 e. The van der Waals surface area contributed by atoms with Crippen molar-refractivity contribution in [3.63, 3.8) is 0 Å². The molecule has 2 heterocycles. The monoisotopic (exact) mass is 369 g/mol. The fourth-order valence-electron chi connectivity index (χ4n) is 3.84. The SMILES string of the molecule is O=C(N[C@H]1CCCc2ccccc21)c1ccc(-n2nnc3cccnc32)cc1. The van der Waals surface area contributed by atoms with E-state index in [-0.39, 0.29) is 11.9 Å². The van der Waals surface area contributed by atoms with Gasteiger partial charge in [-0.15, -0.1) is 5.10 Å². The first-order valence-corrected chi connectivity index (χ1v) is 9.45. The van der Waals surface area contributed by atoms with Crippen LogP contribution in [0.3, 0.4) is 0 Å². The van der Waals surface area contributed by atoms with Crippen molar-refractivity contribution in [2.45, 2.75) is 25.3 Å². The summed E-state index contributed by atoms with van der Waals surface area (Å²) in [6.07, 6.45) is 4.86. The van der Waals surface area contributed by atoms with E-state index in [2.05, 4.69) is 38.8 Å². The first-order valence-electron chi connectivity index (χ1n) is 9.45. The highest BCUT2D eigenvalue weighted by molar-refractivity contribution is 5.94. The van der Waals surface area contributed by atoms with Gasteiger partial charge in [-0.2, -0.15) is 4.68 Å². The summed E-state index contributed by atoms with van der Waals surface area (Å²) in [5, 5.41) is 11.5. The minimum atomic E-state index is -0.0603. The van der Waals surface area contributed by atoms with Crippen LogP contribution >= 0.6 is 0 Å². The van der Waals surface area contributed by atoms with Crippen molar-refractivity contribution in [3.8, 4) is 5.69 Å². The molecule has 0 aliphatic heterocycles. The Morgan fingerprint density at radius 1 is 1.04 bits per heavy atom. The maximum absolute atomic E-state index is 12.8. The first-order chi connectivity index (χ1) is 13.8.